The summed E-state index contributed by atoms with van der Waals surface area (Å²) in [6.07, 6.45) is 0. The molecule has 25 heavy (non-hydrogen) atoms. The van der Waals surface area contributed by atoms with Crippen LogP contribution >= 0.6 is 11.8 Å². The van der Waals surface area contributed by atoms with Gasteiger partial charge in [0.25, 0.3) is 5.22 Å². The molecule has 1 atom stereocenters. The molecule has 8 heteroatoms. The molecule has 0 aliphatic heterocycles. The van der Waals surface area contributed by atoms with Crippen LogP contribution in [0.25, 0.3) is 11.5 Å². The van der Waals surface area contributed by atoms with Crippen molar-refractivity contribution in [2.75, 3.05) is 20.8 Å². The first kappa shape index (κ1) is 19.1. The van der Waals surface area contributed by atoms with Crippen molar-refractivity contribution in [1.82, 2.24) is 10.2 Å². The Labute approximate surface area is 151 Å². The third kappa shape index (κ3) is 4.88. The van der Waals surface area contributed by atoms with Crippen molar-refractivity contribution in [3.63, 3.8) is 0 Å². The van der Waals surface area contributed by atoms with E-state index in [2.05, 4.69) is 10.2 Å². The van der Waals surface area contributed by atoms with Gasteiger partial charge in [-0.05, 0) is 36.7 Å². The molecule has 0 aliphatic carbocycles. The van der Waals surface area contributed by atoms with Crippen molar-refractivity contribution in [2.45, 2.75) is 31.2 Å². The Hall–Kier alpha value is -2.22. The Morgan fingerprint density at radius 2 is 1.80 bits per heavy atom. The largest absolute Gasteiger partial charge is 0.497 e. The minimum absolute atomic E-state index is 0.0660. The number of nitrogens with zero attached hydrogens (tertiary/aromatic N) is 2. The molecule has 7 nitrogen and oxygen atoms in total. The molecule has 0 fully saturated rings. The Balaban J connectivity index is 2.23. The fraction of sp³-hybridized carbons (Fsp3) is 0.471. The Morgan fingerprint density at radius 3 is 2.32 bits per heavy atom. The molecule has 0 bridgehead atoms. The van der Waals surface area contributed by atoms with Crippen LogP contribution in [0.15, 0.2) is 27.8 Å². The third-order valence-electron chi connectivity index (χ3n) is 3.36. The molecule has 2 rings (SSSR count). The average molecular weight is 366 g/mol. The lowest BCUT2D eigenvalue weighted by atomic mass is 10.1. The van der Waals surface area contributed by atoms with Crippen LogP contribution in [0, 0.1) is 5.92 Å². The highest BCUT2D eigenvalue weighted by Gasteiger charge is 2.27. The van der Waals surface area contributed by atoms with Gasteiger partial charge in [-0.1, -0.05) is 13.8 Å². The average Bonchev–Trinajstić information content (AvgIpc) is 3.07. The highest BCUT2D eigenvalue weighted by molar-refractivity contribution is 8.00. The fourth-order valence-electron chi connectivity index (χ4n) is 2.09. The molecule has 0 radical (unpaired) electrons. The van der Waals surface area contributed by atoms with Crippen LogP contribution < -0.4 is 9.47 Å². The van der Waals surface area contributed by atoms with Crippen molar-refractivity contribution in [2.24, 2.45) is 5.92 Å². The Kier molecular flexibility index (Phi) is 6.69. The molecule has 136 valence electrons. The highest BCUT2D eigenvalue weighted by atomic mass is 32.2. The number of rotatable bonds is 8. The van der Waals surface area contributed by atoms with E-state index in [1.54, 1.807) is 39.3 Å². The second kappa shape index (κ2) is 8.75. The maximum Gasteiger partial charge on any atom is 0.319 e. The standard InChI is InChI=1S/C17H22N2O5S/c1-6-23-16(20)14(10(2)3)25-17-19-18-15(24-17)11-7-12(21-4)9-13(8-11)22-5/h7-10,14H,6H2,1-5H3/t14-/m1/s1. The van der Waals surface area contributed by atoms with Crippen molar-refractivity contribution < 1.29 is 23.4 Å². The van der Waals surface area contributed by atoms with Crippen LogP contribution in [0.4, 0.5) is 0 Å². The molecule has 0 aliphatic rings. The normalized spacial score (nSPS) is 12.1. The number of methoxy groups -OCH3 is 2. The first-order chi connectivity index (χ1) is 12.0. The van der Waals surface area contributed by atoms with Gasteiger partial charge in [-0.2, -0.15) is 0 Å². The molecule has 0 saturated heterocycles. The number of benzene rings is 1. The summed E-state index contributed by atoms with van der Waals surface area (Å²) in [5, 5.41) is 7.98. The molecule has 0 spiro atoms. The lowest BCUT2D eigenvalue weighted by molar-refractivity contribution is -0.143. The maximum atomic E-state index is 12.1. The van der Waals surface area contributed by atoms with Crippen molar-refractivity contribution in [3.8, 4) is 23.0 Å². The van der Waals surface area contributed by atoms with Crippen LogP contribution in [0.3, 0.4) is 0 Å². The summed E-state index contributed by atoms with van der Waals surface area (Å²) < 4.78 is 21.3. The molecule has 0 amide bonds. The van der Waals surface area contributed by atoms with Crippen LogP contribution in [0.1, 0.15) is 20.8 Å². The number of carbonyl (C=O) groups excluding carboxylic acids is 1. The molecule has 0 N–H and O–H groups in total. The molecule has 0 unspecified atom stereocenters. The SMILES string of the molecule is CCOC(=O)[C@H](Sc1nnc(-c2cc(OC)cc(OC)c2)o1)C(C)C. The van der Waals surface area contributed by atoms with Gasteiger partial charge in [0.05, 0.1) is 20.8 Å². The van der Waals surface area contributed by atoms with E-state index in [0.717, 1.165) is 0 Å². The molecule has 1 heterocycles. The topological polar surface area (TPSA) is 83.7 Å². The summed E-state index contributed by atoms with van der Waals surface area (Å²) >= 11 is 1.20. The predicted octanol–water partition coefficient (Wildman–Crippen LogP) is 3.43. The molecular weight excluding hydrogens is 344 g/mol. The second-order valence-corrected chi connectivity index (χ2v) is 6.60. The maximum absolute atomic E-state index is 12.1. The number of thioether (sulfide) groups is 1. The van der Waals surface area contributed by atoms with Crippen LogP contribution in [0.2, 0.25) is 0 Å². The molecule has 1 aromatic heterocycles. The van der Waals surface area contributed by atoms with E-state index in [-0.39, 0.29) is 11.9 Å². The molecule has 2 aromatic rings. The van der Waals surface area contributed by atoms with Gasteiger partial charge in [0, 0.05) is 11.6 Å². The van der Waals surface area contributed by atoms with Gasteiger partial charge in [-0.25, -0.2) is 0 Å². The third-order valence-corrected chi connectivity index (χ3v) is 4.71. The van der Waals surface area contributed by atoms with Gasteiger partial charge in [0.2, 0.25) is 5.89 Å². The minimum Gasteiger partial charge on any atom is -0.497 e. The number of carbonyl (C=O) groups is 1. The summed E-state index contributed by atoms with van der Waals surface area (Å²) in [6, 6.07) is 5.30. The lowest BCUT2D eigenvalue weighted by Gasteiger charge is -2.16. The monoisotopic (exact) mass is 366 g/mol. The Bertz CT molecular complexity index is 695. The molecule has 1 aromatic carbocycles. The number of esters is 1. The van der Waals surface area contributed by atoms with Gasteiger partial charge < -0.3 is 18.6 Å². The van der Waals surface area contributed by atoms with E-state index in [9.17, 15) is 4.79 Å². The predicted molar refractivity (Wildman–Crippen MR) is 94.0 cm³/mol. The van der Waals surface area contributed by atoms with Gasteiger partial charge in [0.15, 0.2) is 0 Å². The van der Waals surface area contributed by atoms with Gasteiger partial charge in [-0.15, -0.1) is 10.2 Å². The smallest absolute Gasteiger partial charge is 0.319 e. The summed E-state index contributed by atoms with van der Waals surface area (Å²) in [5.74, 6) is 1.34. The zero-order valence-electron chi connectivity index (χ0n) is 14.9. The summed E-state index contributed by atoms with van der Waals surface area (Å²) in [4.78, 5) is 12.1. The van der Waals surface area contributed by atoms with Gasteiger partial charge in [0.1, 0.15) is 16.7 Å². The number of aromatic nitrogens is 2. The zero-order chi connectivity index (χ0) is 18.4. The summed E-state index contributed by atoms with van der Waals surface area (Å²) in [7, 11) is 3.14. The van der Waals surface area contributed by atoms with Crippen LogP contribution in [-0.2, 0) is 9.53 Å². The molecule has 0 saturated carbocycles. The van der Waals surface area contributed by atoms with Crippen LogP contribution in [-0.4, -0.2) is 42.2 Å². The first-order valence-corrected chi connectivity index (χ1v) is 8.76. The van der Waals surface area contributed by atoms with Gasteiger partial charge >= 0.3 is 5.97 Å². The number of hydrogen-bond donors (Lipinski definition) is 0. The first-order valence-electron chi connectivity index (χ1n) is 7.88. The van der Waals surface area contributed by atoms with E-state index in [1.165, 1.54) is 11.8 Å². The van der Waals surface area contributed by atoms with Crippen LogP contribution in [0.5, 0.6) is 11.5 Å². The van der Waals surface area contributed by atoms with E-state index in [0.29, 0.717) is 34.8 Å². The zero-order valence-corrected chi connectivity index (χ0v) is 15.8. The van der Waals surface area contributed by atoms with E-state index < -0.39 is 5.25 Å². The summed E-state index contributed by atoms with van der Waals surface area (Å²) in [5.41, 5.74) is 0.674. The lowest BCUT2D eigenvalue weighted by Crippen LogP contribution is -2.25. The number of ether oxygens (including phenoxy) is 3. The summed E-state index contributed by atoms with van der Waals surface area (Å²) in [6.45, 7) is 6.00. The minimum atomic E-state index is -0.409. The van der Waals surface area contributed by atoms with E-state index in [4.69, 9.17) is 18.6 Å². The van der Waals surface area contributed by atoms with Crippen molar-refractivity contribution in [3.05, 3.63) is 18.2 Å². The van der Waals surface area contributed by atoms with E-state index >= 15 is 0 Å². The van der Waals surface area contributed by atoms with Gasteiger partial charge in [-0.3, -0.25) is 4.79 Å². The van der Waals surface area contributed by atoms with E-state index in [1.807, 2.05) is 13.8 Å². The second-order valence-electron chi connectivity index (χ2n) is 5.51. The number of hydrogen-bond acceptors (Lipinski definition) is 8. The van der Waals surface area contributed by atoms with Crippen molar-refractivity contribution in [1.29, 1.82) is 0 Å². The molecular formula is C17H22N2O5S. The van der Waals surface area contributed by atoms with Crippen molar-refractivity contribution >= 4 is 17.7 Å². The highest BCUT2D eigenvalue weighted by Crippen LogP contribution is 2.33. The Morgan fingerprint density at radius 1 is 1.16 bits per heavy atom. The quantitative estimate of drug-likeness (QED) is 0.519. The fourth-order valence-corrected chi connectivity index (χ4v) is 2.96.